The first kappa shape index (κ1) is 17.5. The van der Waals surface area contributed by atoms with E-state index in [1.165, 1.54) is 25.7 Å². The monoisotopic (exact) mass is 284 g/mol. The fourth-order valence-electron chi connectivity index (χ4n) is 3.15. The Labute approximate surface area is 124 Å². The van der Waals surface area contributed by atoms with Gasteiger partial charge in [-0.15, -0.1) is 0 Å². The Morgan fingerprint density at radius 3 is 2.60 bits per heavy atom. The van der Waals surface area contributed by atoms with Crippen molar-refractivity contribution in [2.75, 3.05) is 6.61 Å². The third-order valence-electron chi connectivity index (χ3n) is 4.28. The fraction of sp³-hybridized carbons (Fsp3) is 0.941. The highest BCUT2D eigenvalue weighted by Gasteiger charge is 2.34. The number of carbonyl (C=O) groups excluding carboxylic acids is 1. The number of hydrogen-bond donors (Lipinski definition) is 0. The second-order valence-electron chi connectivity index (χ2n) is 7.62. The first-order valence-corrected chi connectivity index (χ1v) is 7.99. The maximum atomic E-state index is 11.3. The molecule has 1 fully saturated rings. The topological polar surface area (TPSA) is 35.5 Å². The van der Waals surface area contributed by atoms with Crippen molar-refractivity contribution < 1.29 is 14.3 Å². The van der Waals surface area contributed by atoms with Crippen LogP contribution in [0.25, 0.3) is 0 Å². The molecule has 0 radical (unpaired) electrons. The number of carbonyl (C=O) groups is 1. The standard InChI is InChI=1S/C17H32O3/c1-7-15(18)19-12-17(5,6)20-13(2)14-9-8-10-16(3,4)11-14/h13-14H,7-12H2,1-6H3/t13-,14?/m0/s1. The van der Waals surface area contributed by atoms with Crippen molar-refractivity contribution >= 4 is 5.97 Å². The fourth-order valence-corrected chi connectivity index (χ4v) is 3.15. The maximum Gasteiger partial charge on any atom is 0.305 e. The lowest BCUT2D eigenvalue weighted by Crippen LogP contribution is -2.40. The average molecular weight is 284 g/mol. The van der Waals surface area contributed by atoms with Gasteiger partial charge in [-0.2, -0.15) is 0 Å². The highest BCUT2D eigenvalue weighted by molar-refractivity contribution is 5.68. The summed E-state index contributed by atoms with van der Waals surface area (Å²) in [7, 11) is 0. The molecule has 1 aliphatic rings. The van der Waals surface area contributed by atoms with Gasteiger partial charge >= 0.3 is 5.97 Å². The van der Waals surface area contributed by atoms with Crippen molar-refractivity contribution in [1.82, 2.24) is 0 Å². The van der Waals surface area contributed by atoms with Gasteiger partial charge in [0.25, 0.3) is 0 Å². The molecule has 3 nitrogen and oxygen atoms in total. The summed E-state index contributed by atoms with van der Waals surface area (Å²) in [5, 5.41) is 0. The summed E-state index contributed by atoms with van der Waals surface area (Å²) in [5.41, 5.74) is 0.0190. The van der Waals surface area contributed by atoms with E-state index >= 15 is 0 Å². The van der Waals surface area contributed by atoms with Crippen LogP contribution in [0.1, 0.15) is 73.6 Å². The van der Waals surface area contributed by atoms with Crippen LogP contribution in [0.5, 0.6) is 0 Å². The van der Waals surface area contributed by atoms with Gasteiger partial charge in [0.1, 0.15) is 6.61 Å². The Bertz CT molecular complexity index is 320. The van der Waals surface area contributed by atoms with Crippen molar-refractivity contribution in [3.8, 4) is 0 Å². The van der Waals surface area contributed by atoms with Crippen molar-refractivity contribution in [2.24, 2.45) is 11.3 Å². The van der Waals surface area contributed by atoms with Gasteiger partial charge in [-0.3, -0.25) is 4.79 Å². The van der Waals surface area contributed by atoms with Gasteiger partial charge in [-0.1, -0.05) is 27.2 Å². The van der Waals surface area contributed by atoms with Gasteiger partial charge in [0, 0.05) is 6.42 Å². The lowest BCUT2D eigenvalue weighted by molar-refractivity contribution is -0.161. The summed E-state index contributed by atoms with van der Waals surface area (Å²) in [4.78, 5) is 11.3. The first-order valence-electron chi connectivity index (χ1n) is 7.99. The Morgan fingerprint density at radius 2 is 2.05 bits per heavy atom. The molecule has 1 unspecified atom stereocenters. The molecule has 1 saturated carbocycles. The molecule has 0 saturated heterocycles. The third-order valence-corrected chi connectivity index (χ3v) is 4.28. The minimum absolute atomic E-state index is 0.159. The Morgan fingerprint density at radius 1 is 1.40 bits per heavy atom. The van der Waals surface area contributed by atoms with Crippen molar-refractivity contribution in [2.45, 2.75) is 85.4 Å². The van der Waals surface area contributed by atoms with Gasteiger partial charge < -0.3 is 9.47 Å². The van der Waals surface area contributed by atoms with Crippen LogP contribution in [0.15, 0.2) is 0 Å². The van der Waals surface area contributed by atoms with Crippen LogP contribution in [-0.2, 0) is 14.3 Å². The molecule has 118 valence electrons. The molecule has 3 heteroatoms. The molecule has 0 aliphatic heterocycles. The first-order chi connectivity index (χ1) is 9.15. The van der Waals surface area contributed by atoms with Gasteiger partial charge in [0.05, 0.1) is 11.7 Å². The van der Waals surface area contributed by atoms with E-state index in [0.717, 1.165) is 0 Å². The van der Waals surface area contributed by atoms with E-state index < -0.39 is 5.60 Å². The minimum Gasteiger partial charge on any atom is -0.463 e. The molecule has 0 amide bonds. The summed E-state index contributed by atoms with van der Waals surface area (Å²) in [5.74, 6) is 0.452. The smallest absolute Gasteiger partial charge is 0.305 e. The van der Waals surface area contributed by atoms with E-state index in [9.17, 15) is 4.79 Å². The zero-order chi connectivity index (χ0) is 15.4. The van der Waals surface area contributed by atoms with Gasteiger partial charge in [-0.05, 0) is 51.4 Å². The van der Waals surface area contributed by atoms with Crippen LogP contribution in [0.3, 0.4) is 0 Å². The Balaban J connectivity index is 2.47. The minimum atomic E-state index is -0.411. The normalized spacial score (nSPS) is 24.2. The van der Waals surface area contributed by atoms with Gasteiger partial charge in [-0.25, -0.2) is 0 Å². The van der Waals surface area contributed by atoms with E-state index in [-0.39, 0.29) is 12.1 Å². The molecule has 0 spiro atoms. The van der Waals surface area contributed by atoms with Crippen LogP contribution >= 0.6 is 0 Å². The highest BCUT2D eigenvalue weighted by atomic mass is 16.6. The summed E-state index contributed by atoms with van der Waals surface area (Å²) < 4.78 is 11.4. The van der Waals surface area contributed by atoms with Crippen LogP contribution in [0.4, 0.5) is 0 Å². The second kappa shape index (κ2) is 6.93. The second-order valence-corrected chi connectivity index (χ2v) is 7.62. The van der Waals surface area contributed by atoms with Crippen LogP contribution in [-0.4, -0.2) is 24.3 Å². The molecule has 1 rings (SSSR count). The SMILES string of the molecule is CCC(=O)OCC(C)(C)O[C@@H](C)C1CCCC(C)(C)C1. The van der Waals surface area contributed by atoms with E-state index in [1.807, 2.05) is 20.8 Å². The summed E-state index contributed by atoms with van der Waals surface area (Å²) in [6.07, 6.45) is 5.70. The van der Waals surface area contributed by atoms with Crippen LogP contribution < -0.4 is 0 Å². The molecule has 20 heavy (non-hydrogen) atoms. The summed E-state index contributed by atoms with van der Waals surface area (Å²) in [6, 6.07) is 0. The highest BCUT2D eigenvalue weighted by Crippen LogP contribution is 2.41. The van der Waals surface area contributed by atoms with E-state index in [1.54, 1.807) is 0 Å². The van der Waals surface area contributed by atoms with Crippen molar-refractivity contribution in [3.05, 3.63) is 0 Å². The molecule has 0 aromatic carbocycles. The van der Waals surface area contributed by atoms with E-state index in [0.29, 0.717) is 24.4 Å². The lowest BCUT2D eigenvalue weighted by atomic mass is 9.71. The van der Waals surface area contributed by atoms with Crippen LogP contribution in [0.2, 0.25) is 0 Å². The third kappa shape index (κ3) is 5.82. The molecular formula is C17H32O3. The van der Waals surface area contributed by atoms with Crippen molar-refractivity contribution in [1.29, 1.82) is 0 Å². The zero-order valence-corrected chi connectivity index (χ0v) is 14.1. The molecule has 0 bridgehead atoms. The quantitative estimate of drug-likeness (QED) is 0.681. The molecule has 0 N–H and O–H groups in total. The zero-order valence-electron chi connectivity index (χ0n) is 14.1. The summed E-state index contributed by atoms with van der Waals surface area (Å²) >= 11 is 0. The van der Waals surface area contributed by atoms with Crippen molar-refractivity contribution in [3.63, 3.8) is 0 Å². The lowest BCUT2D eigenvalue weighted by Gasteiger charge is -2.40. The largest absolute Gasteiger partial charge is 0.463 e. The number of rotatable bonds is 6. The van der Waals surface area contributed by atoms with Crippen LogP contribution in [0, 0.1) is 11.3 Å². The predicted octanol–water partition coefficient (Wildman–Crippen LogP) is 4.34. The Hall–Kier alpha value is -0.570. The molecular weight excluding hydrogens is 252 g/mol. The van der Waals surface area contributed by atoms with E-state index in [2.05, 4.69) is 20.8 Å². The summed E-state index contributed by atoms with van der Waals surface area (Å²) in [6.45, 7) is 13.0. The molecule has 2 atom stereocenters. The molecule has 0 aromatic heterocycles. The maximum absolute atomic E-state index is 11.3. The predicted molar refractivity (Wildman–Crippen MR) is 81.6 cm³/mol. The average Bonchev–Trinajstić information content (AvgIpc) is 2.34. The number of hydrogen-bond acceptors (Lipinski definition) is 3. The van der Waals surface area contributed by atoms with Gasteiger partial charge in [0.2, 0.25) is 0 Å². The molecule has 0 heterocycles. The Kier molecular flexibility index (Phi) is 6.06. The van der Waals surface area contributed by atoms with Gasteiger partial charge in [0.15, 0.2) is 0 Å². The number of esters is 1. The molecule has 0 aromatic rings. The number of ether oxygens (including phenoxy) is 2. The molecule has 1 aliphatic carbocycles. The van der Waals surface area contributed by atoms with E-state index in [4.69, 9.17) is 9.47 Å².